The smallest absolute Gasteiger partial charge is 0.300 e. The van der Waals surface area contributed by atoms with Crippen molar-refractivity contribution in [3.63, 3.8) is 0 Å². The largest absolute Gasteiger partial charge is 0.373 e. The predicted octanol–water partition coefficient (Wildman–Crippen LogP) is 1.70. The zero-order valence-corrected chi connectivity index (χ0v) is 11.5. The van der Waals surface area contributed by atoms with Crippen LogP contribution in [0.25, 0.3) is 0 Å². The maximum atomic E-state index is 12.5. The van der Waals surface area contributed by atoms with Gasteiger partial charge in [0.25, 0.3) is 11.6 Å². The third-order valence-electron chi connectivity index (χ3n) is 2.92. The average molecular weight is 287 g/mol. The van der Waals surface area contributed by atoms with Crippen LogP contribution in [0.1, 0.15) is 10.4 Å². The highest BCUT2D eigenvalue weighted by atomic mass is 16.6. The van der Waals surface area contributed by atoms with Gasteiger partial charge in [0.15, 0.2) is 0 Å². The molecule has 0 unspecified atom stereocenters. The topological polar surface area (TPSA) is 101 Å². The van der Waals surface area contributed by atoms with Crippen LogP contribution in [-0.4, -0.2) is 34.9 Å². The minimum atomic E-state index is -0.625. The Hall–Kier alpha value is -3.03. The van der Waals surface area contributed by atoms with E-state index in [9.17, 15) is 14.9 Å². The Bertz CT molecular complexity index is 675. The van der Waals surface area contributed by atoms with Crippen LogP contribution in [0, 0.1) is 10.1 Å². The Kier molecular flexibility index (Phi) is 4.07. The molecule has 21 heavy (non-hydrogen) atoms. The molecule has 1 amide bonds. The lowest BCUT2D eigenvalue weighted by Gasteiger charge is -2.17. The number of hydrogen-bond donors (Lipinski definition) is 1. The third kappa shape index (κ3) is 2.94. The van der Waals surface area contributed by atoms with Gasteiger partial charge in [-0.25, -0.2) is 4.98 Å². The van der Waals surface area contributed by atoms with Crippen LogP contribution >= 0.6 is 0 Å². The number of hydrogen-bond acceptors (Lipinski definition) is 6. The number of anilines is 2. The van der Waals surface area contributed by atoms with Crippen molar-refractivity contribution in [3.8, 4) is 0 Å². The normalized spacial score (nSPS) is 10.0. The lowest BCUT2D eigenvalue weighted by atomic mass is 10.2. The quantitative estimate of drug-likeness (QED) is 0.678. The molecule has 0 saturated heterocycles. The van der Waals surface area contributed by atoms with Crippen LogP contribution < -0.4 is 10.2 Å². The van der Waals surface area contributed by atoms with Crippen LogP contribution in [0.5, 0.6) is 0 Å². The summed E-state index contributed by atoms with van der Waals surface area (Å²) in [7, 11) is 3.16. The molecule has 2 rings (SSSR count). The molecule has 2 aromatic rings. The molecule has 0 aliphatic carbocycles. The number of aromatic nitrogens is 2. The van der Waals surface area contributed by atoms with E-state index in [1.165, 1.54) is 11.0 Å². The van der Waals surface area contributed by atoms with Crippen LogP contribution in [0.3, 0.4) is 0 Å². The van der Waals surface area contributed by atoms with Crippen LogP contribution in [0.4, 0.5) is 17.2 Å². The second kappa shape index (κ2) is 5.95. The van der Waals surface area contributed by atoms with E-state index in [0.717, 1.165) is 6.20 Å². The maximum Gasteiger partial charge on any atom is 0.300 e. The Morgan fingerprint density at radius 3 is 2.62 bits per heavy atom. The third-order valence-corrected chi connectivity index (χ3v) is 2.92. The molecular formula is C13H13N5O3. The molecule has 0 fully saturated rings. The molecule has 2 heterocycles. The molecular weight excluding hydrogens is 274 g/mol. The first kappa shape index (κ1) is 14.4. The zero-order chi connectivity index (χ0) is 15.4. The first-order valence-corrected chi connectivity index (χ1v) is 6.05. The van der Waals surface area contributed by atoms with Gasteiger partial charge in [-0.2, -0.15) is 0 Å². The fourth-order valence-electron chi connectivity index (χ4n) is 1.77. The summed E-state index contributed by atoms with van der Waals surface area (Å²) < 4.78 is 0. The van der Waals surface area contributed by atoms with E-state index in [0.29, 0.717) is 11.5 Å². The van der Waals surface area contributed by atoms with Crippen molar-refractivity contribution >= 4 is 23.1 Å². The van der Waals surface area contributed by atoms with Crippen molar-refractivity contribution < 1.29 is 9.72 Å². The summed E-state index contributed by atoms with van der Waals surface area (Å²) >= 11 is 0. The van der Waals surface area contributed by atoms with E-state index >= 15 is 0 Å². The predicted molar refractivity (Wildman–Crippen MR) is 77.4 cm³/mol. The molecule has 8 nitrogen and oxygen atoms in total. The Labute approximate surface area is 120 Å². The van der Waals surface area contributed by atoms with Gasteiger partial charge in [-0.05, 0) is 12.1 Å². The lowest BCUT2D eigenvalue weighted by molar-refractivity contribution is -0.385. The summed E-state index contributed by atoms with van der Waals surface area (Å²) in [6, 6.07) is 4.64. The van der Waals surface area contributed by atoms with E-state index in [1.54, 1.807) is 38.6 Å². The van der Waals surface area contributed by atoms with E-state index in [1.807, 2.05) is 0 Å². The van der Waals surface area contributed by atoms with Crippen molar-refractivity contribution in [3.05, 3.63) is 52.5 Å². The van der Waals surface area contributed by atoms with E-state index < -0.39 is 10.8 Å². The zero-order valence-electron chi connectivity index (χ0n) is 11.5. The molecule has 0 spiro atoms. The number of carbonyl (C=O) groups is 1. The number of carbonyl (C=O) groups excluding carboxylic acids is 1. The Morgan fingerprint density at radius 1 is 1.38 bits per heavy atom. The molecule has 0 aliphatic heterocycles. The van der Waals surface area contributed by atoms with Gasteiger partial charge in [0.2, 0.25) is 0 Å². The molecule has 0 atom stereocenters. The first-order chi connectivity index (χ1) is 10.0. The standard InChI is InChI=1S/C13H13N5O3/c1-14-12-7-10(11(8-16-12)18(20)21)13(19)17(2)9-3-5-15-6-4-9/h3-8H,1-2H3,(H,14,16). The van der Waals surface area contributed by atoms with Gasteiger partial charge in [-0.3, -0.25) is 19.9 Å². The molecule has 1 N–H and O–H groups in total. The fraction of sp³-hybridized carbons (Fsp3) is 0.154. The molecule has 0 saturated carbocycles. The highest BCUT2D eigenvalue weighted by Gasteiger charge is 2.24. The minimum absolute atomic E-state index is 0.0290. The van der Waals surface area contributed by atoms with Gasteiger partial charge in [0.1, 0.15) is 17.6 Å². The van der Waals surface area contributed by atoms with Gasteiger partial charge < -0.3 is 10.2 Å². The monoisotopic (exact) mass is 287 g/mol. The van der Waals surface area contributed by atoms with Gasteiger partial charge in [0.05, 0.1) is 4.92 Å². The number of nitro groups is 1. The second-order valence-corrected chi connectivity index (χ2v) is 4.16. The number of nitrogens with zero attached hydrogens (tertiary/aromatic N) is 4. The molecule has 0 bridgehead atoms. The maximum absolute atomic E-state index is 12.5. The summed E-state index contributed by atoms with van der Waals surface area (Å²) in [5, 5.41) is 13.8. The number of rotatable bonds is 4. The van der Waals surface area contributed by atoms with Gasteiger partial charge in [0, 0.05) is 38.2 Å². The van der Waals surface area contributed by atoms with E-state index in [2.05, 4.69) is 15.3 Å². The molecule has 2 aromatic heterocycles. The van der Waals surface area contributed by atoms with Gasteiger partial charge in [-0.15, -0.1) is 0 Å². The number of nitrogens with one attached hydrogen (secondary N) is 1. The molecule has 0 radical (unpaired) electrons. The van der Waals surface area contributed by atoms with Gasteiger partial charge in [-0.1, -0.05) is 0 Å². The van der Waals surface area contributed by atoms with Crippen molar-refractivity contribution in [2.24, 2.45) is 0 Å². The van der Waals surface area contributed by atoms with Crippen LogP contribution in [0.2, 0.25) is 0 Å². The molecule has 0 aliphatic rings. The summed E-state index contributed by atoms with van der Waals surface area (Å²) in [6.07, 6.45) is 4.15. The number of amides is 1. The summed E-state index contributed by atoms with van der Waals surface area (Å²) in [4.78, 5) is 32.0. The summed E-state index contributed by atoms with van der Waals surface area (Å²) in [5.74, 6) is -0.112. The SMILES string of the molecule is CNc1cc(C(=O)N(C)c2ccncc2)c([N+](=O)[O-])cn1. The van der Waals surface area contributed by atoms with Crippen LogP contribution in [0.15, 0.2) is 36.8 Å². The summed E-state index contributed by atoms with van der Waals surface area (Å²) in [5.41, 5.74) is 0.227. The minimum Gasteiger partial charge on any atom is -0.373 e. The van der Waals surface area contributed by atoms with Crippen molar-refractivity contribution in [2.75, 3.05) is 24.3 Å². The summed E-state index contributed by atoms with van der Waals surface area (Å²) in [6.45, 7) is 0. The molecule has 108 valence electrons. The Balaban J connectivity index is 2.44. The van der Waals surface area contributed by atoms with E-state index in [-0.39, 0.29) is 11.3 Å². The van der Waals surface area contributed by atoms with Crippen molar-refractivity contribution in [2.45, 2.75) is 0 Å². The fourth-order valence-corrected chi connectivity index (χ4v) is 1.77. The number of pyridine rings is 2. The molecule has 0 aromatic carbocycles. The van der Waals surface area contributed by atoms with Crippen molar-refractivity contribution in [1.29, 1.82) is 0 Å². The average Bonchev–Trinajstić information content (AvgIpc) is 2.53. The molecule has 8 heteroatoms. The van der Waals surface area contributed by atoms with Crippen LogP contribution in [-0.2, 0) is 0 Å². The van der Waals surface area contributed by atoms with Gasteiger partial charge >= 0.3 is 0 Å². The highest BCUT2D eigenvalue weighted by Crippen LogP contribution is 2.23. The Morgan fingerprint density at radius 2 is 2.05 bits per heavy atom. The van der Waals surface area contributed by atoms with Crippen molar-refractivity contribution in [1.82, 2.24) is 9.97 Å². The highest BCUT2D eigenvalue weighted by molar-refractivity contribution is 6.08. The second-order valence-electron chi connectivity index (χ2n) is 4.16. The lowest BCUT2D eigenvalue weighted by Crippen LogP contribution is -2.27. The van der Waals surface area contributed by atoms with E-state index in [4.69, 9.17) is 0 Å². The first-order valence-electron chi connectivity index (χ1n) is 6.05.